The molecule has 0 fully saturated rings. The zero-order chi connectivity index (χ0) is 18.4. The predicted molar refractivity (Wildman–Crippen MR) is 117 cm³/mol. The molecule has 0 unspecified atom stereocenters. The Morgan fingerprint density at radius 2 is 1.74 bits per heavy atom. The van der Waals surface area contributed by atoms with Gasteiger partial charge in [0.2, 0.25) is 0 Å². The summed E-state index contributed by atoms with van der Waals surface area (Å²) in [6.07, 6.45) is 4.92. The number of hydrogen-bond donors (Lipinski definition) is 2. The Labute approximate surface area is 175 Å². The summed E-state index contributed by atoms with van der Waals surface area (Å²) in [7, 11) is 1.72. The molecule has 0 saturated carbocycles. The average molecular weight is 479 g/mol. The highest BCUT2D eigenvalue weighted by Crippen LogP contribution is 2.14. The van der Waals surface area contributed by atoms with Crippen LogP contribution in [0.2, 0.25) is 0 Å². The van der Waals surface area contributed by atoms with Crippen LogP contribution in [-0.4, -0.2) is 22.6 Å². The molecule has 0 aliphatic rings. The molecular weight excluding hydrogens is 456 g/mol. The summed E-state index contributed by atoms with van der Waals surface area (Å²) in [5.74, 6) is 0.384. The maximum absolute atomic E-state index is 14.3. The quantitative estimate of drug-likeness (QED) is 0.333. The number of benzene rings is 2. The van der Waals surface area contributed by atoms with Gasteiger partial charge >= 0.3 is 0 Å². The number of nitrogens with one attached hydrogen (secondary N) is 2. The fourth-order valence-electron chi connectivity index (χ4n) is 2.57. The highest BCUT2D eigenvalue weighted by atomic mass is 127. The molecule has 3 aromatic rings. The van der Waals surface area contributed by atoms with Crippen molar-refractivity contribution in [2.24, 2.45) is 4.99 Å². The topological polar surface area (TPSA) is 54.2 Å². The third-order valence-electron chi connectivity index (χ3n) is 4.06. The van der Waals surface area contributed by atoms with Gasteiger partial charge in [0, 0.05) is 32.5 Å². The van der Waals surface area contributed by atoms with E-state index < -0.39 is 0 Å². The first kappa shape index (κ1) is 20.9. The number of aryl methyl sites for hydroxylation is 1. The molecule has 5 nitrogen and oxygen atoms in total. The summed E-state index contributed by atoms with van der Waals surface area (Å²) < 4.78 is 15.9. The lowest BCUT2D eigenvalue weighted by Gasteiger charge is -2.13. The smallest absolute Gasteiger partial charge is 0.191 e. The molecule has 0 aliphatic carbocycles. The molecular formula is C20H23FIN5. The van der Waals surface area contributed by atoms with E-state index in [-0.39, 0.29) is 29.8 Å². The van der Waals surface area contributed by atoms with Gasteiger partial charge in [-0.25, -0.2) is 9.37 Å². The molecule has 0 bridgehead atoms. The normalized spacial score (nSPS) is 11.0. The van der Waals surface area contributed by atoms with E-state index in [1.165, 1.54) is 17.2 Å². The Morgan fingerprint density at radius 1 is 1.07 bits per heavy atom. The number of imidazole rings is 1. The zero-order valence-electron chi connectivity index (χ0n) is 15.3. The Hall–Kier alpha value is -2.42. The van der Waals surface area contributed by atoms with Crippen molar-refractivity contribution >= 4 is 29.9 Å². The van der Waals surface area contributed by atoms with Crippen LogP contribution in [0.1, 0.15) is 16.7 Å². The SMILES string of the molecule is CN=C(NCc1ccc(C)cc1)NCc1ccc(-n2ccnc2)c(F)c1.I. The molecule has 3 rings (SSSR count). The van der Waals surface area contributed by atoms with Gasteiger partial charge in [0.05, 0.1) is 12.0 Å². The van der Waals surface area contributed by atoms with Gasteiger partial charge in [0.1, 0.15) is 5.82 Å². The number of aliphatic imine (C=N–C) groups is 1. The molecule has 0 saturated heterocycles. The van der Waals surface area contributed by atoms with Crippen LogP contribution in [0.3, 0.4) is 0 Å². The molecule has 0 amide bonds. The number of halogens is 2. The number of rotatable bonds is 5. The molecule has 0 radical (unpaired) electrons. The summed E-state index contributed by atoms with van der Waals surface area (Å²) in [4.78, 5) is 8.15. The molecule has 2 aromatic carbocycles. The van der Waals surface area contributed by atoms with Crippen LogP contribution < -0.4 is 10.6 Å². The second-order valence-corrected chi connectivity index (χ2v) is 6.02. The van der Waals surface area contributed by atoms with Gasteiger partial charge in [-0.3, -0.25) is 4.99 Å². The van der Waals surface area contributed by atoms with Crippen molar-refractivity contribution < 1.29 is 4.39 Å². The van der Waals surface area contributed by atoms with Crippen LogP contribution in [0.5, 0.6) is 0 Å². The molecule has 1 heterocycles. The Bertz CT molecular complexity index is 876. The molecule has 2 N–H and O–H groups in total. The lowest BCUT2D eigenvalue weighted by molar-refractivity contribution is 0.615. The first-order valence-electron chi connectivity index (χ1n) is 8.42. The van der Waals surface area contributed by atoms with E-state index in [4.69, 9.17) is 0 Å². The molecule has 1 aromatic heterocycles. The molecule has 142 valence electrons. The minimum Gasteiger partial charge on any atom is -0.352 e. The van der Waals surface area contributed by atoms with Gasteiger partial charge in [-0.15, -0.1) is 24.0 Å². The zero-order valence-corrected chi connectivity index (χ0v) is 17.6. The summed E-state index contributed by atoms with van der Waals surface area (Å²) in [6.45, 7) is 3.22. The summed E-state index contributed by atoms with van der Waals surface area (Å²) >= 11 is 0. The number of aromatic nitrogens is 2. The Kier molecular flexibility index (Phi) is 7.78. The van der Waals surface area contributed by atoms with Crippen molar-refractivity contribution in [2.75, 3.05) is 7.05 Å². The van der Waals surface area contributed by atoms with Crippen LogP contribution in [0, 0.1) is 12.7 Å². The fraction of sp³-hybridized carbons (Fsp3) is 0.200. The maximum Gasteiger partial charge on any atom is 0.191 e. The van der Waals surface area contributed by atoms with Crippen LogP contribution in [0.4, 0.5) is 4.39 Å². The van der Waals surface area contributed by atoms with Crippen molar-refractivity contribution in [1.82, 2.24) is 20.2 Å². The maximum atomic E-state index is 14.3. The van der Waals surface area contributed by atoms with Crippen molar-refractivity contribution in [3.8, 4) is 5.69 Å². The first-order valence-corrected chi connectivity index (χ1v) is 8.42. The minimum absolute atomic E-state index is 0. The summed E-state index contributed by atoms with van der Waals surface area (Å²) in [6, 6.07) is 13.5. The summed E-state index contributed by atoms with van der Waals surface area (Å²) in [5.41, 5.74) is 3.73. The Morgan fingerprint density at radius 3 is 2.33 bits per heavy atom. The molecule has 0 aliphatic heterocycles. The fourth-order valence-corrected chi connectivity index (χ4v) is 2.57. The van der Waals surface area contributed by atoms with Crippen molar-refractivity contribution in [2.45, 2.75) is 20.0 Å². The van der Waals surface area contributed by atoms with E-state index in [9.17, 15) is 4.39 Å². The van der Waals surface area contributed by atoms with Crippen LogP contribution in [0.25, 0.3) is 5.69 Å². The van der Waals surface area contributed by atoms with Gasteiger partial charge in [0.15, 0.2) is 5.96 Å². The van der Waals surface area contributed by atoms with E-state index in [1.54, 1.807) is 36.4 Å². The van der Waals surface area contributed by atoms with Crippen LogP contribution >= 0.6 is 24.0 Å². The molecule has 0 spiro atoms. The number of guanidine groups is 1. The van der Waals surface area contributed by atoms with E-state index >= 15 is 0 Å². The molecule has 27 heavy (non-hydrogen) atoms. The van der Waals surface area contributed by atoms with E-state index in [2.05, 4.69) is 51.8 Å². The first-order chi connectivity index (χ1) is 12.7. The van der Waals surface area contributed by atoms with Crippen LogP contribution in [0.15, 0.2) is 66.2 Å². The molecule has 7 heteroatoms. The highest BCUT2D eigenvalue weighted by Gasteiger charge is 2.06. The Balaban J connectivity index is 0.00000261. The second kappa shape index (κ2) is 10.1. The largest absolute Gasteiger partial charge is 0.352 e. The van der Waals surface area contributed by atoms with Crippen molar-refractivity contribution in [3.63, 3.8) is 0 Å². The monoisotopic (exact) mass is 479 g/mol. The summed E-state index contributed by atoms with van der Waals surface area (Å²) in [5, 5.41) is 6.46. The minimum atomic E-state index is -0.287. The van der Waals surface area contributed by atoms with Gasteiger partial charge in [0.25, 0.3) is 0 Å². The van der Waals surface area contributed by atoms with Crippen molar-refractivity contribution in [1.29, 1.82) is 0 Å². The number of nitrogens with zero attached hydrogens (tertiary/aromatic N) is 3. The van der Waals surface area contributed by atoms with Gasteiger partial charge in [-0.1, -0.05) is 35.9 Å². The van der Waals surface area contributed by atoms with E-state index in [0.29, 0.717) is 24.7 Å². The van der Waals surface area contributed by atoms with Crippen LogP contribution in [-0.2, 0) is 13.1 Å². The highest BCUT2D eigenvalue weighted by molar-refractivity contribution is 14.0. The lowest BCUT2D eigenvalue weighted by Crippen LogP contribution is -2.36. The average Bonchev–Trinajstić information content (AvgIpc) is 3.18. The third-order valence-corrected chi connectivity index (χ3v) is 4.06. The predicted octanol–water partition coefficient (Wildman–Crippen LogP) is 3.80. The third kappa shape index (κ3) is 5.78. The van der Waals surface area contributed by atoms with Gasteiger partial charge in [-0.05, 0) is 30.2 Å². The number of hydrogen-bond acceptors (Lipinski definition) is 2. The van der Waals surface area contributed by atoms with Gasteiger partial charge in [-0.2, -0.15) is 0 Å². The molecule has 0 atom stereocenters. The van der Waals surface area contributed by atoms with Crippen molar-refractivity contribution in [3.05, 3.63) is 83.7 Å². The standard InChI is InChI=1S/C20H22FN5.HI/c1-15-3-5-16(6-4-15)12-24-20(22-2)25-13-17-7-8-19(18(21)11-17)26-10-9-23-14-26;/h3-11,14H,12-13H2,1-2H3,(H2,22,24,25);1H. The second-order valence-electron chi connectivity index (χ2n) is 6.02. The van der Waals surface area contributed by atoms with Gasteiger partial charge < -0.3 is 15.2 Å². The lowest BCUT2D eigenvalue weighted by atomic mass is 10.1. The van der Waals surface area contributed by atoms with E-state index in [0.717, 1.165) is 5.56 Å². The van der Waals surface area contributed by atoms with E-state index in [1.807, 2.05) is 6.07 Å².